The number of aromatic nitrogens is 1. The lowest BCUT2D eigenvalue weighted by Crippen LogP contribution is -2.48. The van der Waals surface area contributed by atoms with E-state index in [0.717, 1.165) is 0 Å². The van der Waals surface area contributed by atoms with Crippen LogP contribution in [-0.2, 0) is 0 Å². The Hall–Kier alpha value is -1.36. The van der Waals surface area contributed by atoms with Gasteiger partial charge in [0.1, 0.15) is 0 Å². The van der Waals surface area contributed by atoms with Crippen LogP contribution in [0.25, 0.3) is 0 Å². The lowest BCUT2D eigenvalue weighted by atomic mass is 10.1. The van der Waals surface area contributed by atoms with Crippen LogP contribution >= 0.6 is 0 Å². The van der Waals surface area contributed by atoms with Gasteiger partial charge in [0.2, 0.25) is 5.76 Å². The molecule has 0 bridgehead atoms. The van der Waals surface area contributed by atoms with E-state index in [-0.39, 0.29) is 11.7 Å². The largest absolute Gasteiger partial charge is 0.351 e. The topological polar surface area (TPSA) is 81.1 Å². The van der Waals surface area contributed by atoms with Gasteiger partial charge in [0.15, 0.2) is 0 Å². The molecule has 0 aromatic carbocycles. The van der Waals surface area contributed by atoms with Gasteiger partial charge in [0.05, 0.1) is 6.20 Å². The molecule has 1 rings (SSSR count). The van der Waals surface area contributed by atoms with E-state index >= 15 is 0 Å². The van der Waals surface area contributed by atoms with Crippen molar-refractivity contribution in [3.05, 3.63) is 18.0 Å². The lowest BCUT2D eigenvalue weighted by molar-refractivity contribution is 0.0878. The van der Waals surface area contributed by atoms with Gasteiger partial charge in [0.25, 0.3) is 5.91 Å². The minimum Gasteiger partial charge on any atom is -0.351 e. The summed E-state index contributed by atoms with van der Waals surface area (Å²) >= 11 is 0. The molecular weight excluding hydrogens is 170 g/mol. The molecule has 72 valence electrons. The lowest BCUT2D eigenvalue weighted by Gasteiger charge is -2.23. The molecule has 0 unspecified atom stereocenters. The van der Waals surface area contributed by atoms with Crippen molar-refractivity contribution < 1.29 is 9.32 Å². The molecule has 1 amide bonds. The van der Waals surface area contributed by atoms with E-state index < -0.39 is 5.54 Å². The fraction of sp³-hybridized carbons (Fsp3) is 0.500. The highest BCUT2D eigenvalue weighted by atomic mass is 16.5. The molecule has 0 saturated heterocycles. The number of hydrogen-bond acceptors (Lipinski definition) is 4. The summed E-state index contributed by atoms with van der Waals surface area (Å²) in [6, 6.07) is 1.50. The van der Waals surface area contributed by atoms with E-state index in [1.807, 2.05) is 13.8 Å². The molecule has 0 aliphatic carbocycles. The summed E-state index contributed by atoms with van der Waals surface area (Å²) in [5.74, 6) is -0.102. The van der Waals surface area contributed by atoms with Crippen LogP contribution in [0, 0.1) is 0 Å². The predicted octanol–water partition coefficient (Wildman–Crippen LogP) is 0.142. The van der Waals surface area contributed by atoms with Crippen molar-refractivity contribution in [2.75, 3.05) is 6.54 Å². The average molecular weight is 183 g/mol. The minimum absolute atomic E-state index is 0.196. The molecule has 1 heterocycles. The highest BCUT2D eigenvalue weighted by Crippen LogP contribution is 2.02. The average Bonchev–Trinajstić information content (AvgIpc) is 2.55. The van der Waals surface area contributed by atoms with Crippen LogP contribution in [0.15, 0.2) is 16.8 Å². The molecule has 0 saturated carbocycles. The van der Waals surface area contributed by atoms with E-state index in [0.29, 0.717) is 6.54 Å². The molecule has 0 atom stereocenters. The van der Waals surface area contributed by atoms with Crippen LogP contribution in [0.5, 0.6) is 0 Å². The third-order valence-corrected chi connectivity index (χ3v) is 1.62. The molecule has 1 aromatic rings. The fourth-order valence-electron chi connectivity index (χ4n) is 0.753. The van der Waals surface area contributed by atoms with Crippen LogP contribution in [0.2, 0.25) is 0 Å². The third kappa shape index (κ3) is 2.55. The van der Waals surface area contributed by atoms with Gasteiger partial charge in [-0.2, -0.15) is 0 Å². The monoisotopic (exact) mass is 183 g/mol. The molecule has 1 aromatic heterocycles. The first-order chi connectivity index (χ1) is 6.05. The minimum atomic E-state index is -0.427. The first-order valence-electron chi connectivity index (χ1n) is 3.98. The Morgan fingerprint density at radius 2 is 2.46 bits per heavy atom. The van der Waals surface area contributed by atoms with Crippen LogP contribution < -0.4 is 11.1 Å². The van der Waals surface area contributed by atoms with Crippen molar-refractivity contribution in [1.82, 2.24) is 10.5 Å². The Morgan fingerprint density at radius 3 is 2.92 bits per heavy atom. The summed E-state index contributed by atoms with van der Waals surface area (Å²) in [5.41, 5.74) is 5.02. The Kier molecular flexibility index (Phi) is 2.67. The van der Waals surface area contributed by atoms with Crippen LogP contribution in [0.1, 0.15) is 24.4 Å². The van der Waals surface area contributed by atoms with E-state index in [4.69, 9.17) is 5.73 Å². The second-order valence-corrected chi connectivity index (χ2v) is 3.42. The number of nitrogens with zero attached hydrogens (tertiary/aromatic N) is 1. The van der Waals surface area contributed by atoms with Crippen molar-refractivity contribution in [1.29, 1.82) is 0 Å². The molecule has 5 heteroatoms. The summed E-state index contributed by atoms with van der Waals surface area (Å²) < 4.78 is 4.68. The number of nitrogens with one attached hydrogen (secondary N) is 1. The first kappa shape index (κ1) is 9.73. The Labute approximate surface area is 76.3 Å². The number of carbonyl (C=O) groups excluding carboxylic acids is 1. The van der Waals surface area contributed by atoms with Crippen molar-refractivity contribution in [2.45, 2.75) is 19.4 Å². The predicted molar refractivity (Wildman–Crippen MR) is 47.1 cm³/mol. The van der Waals surface area contributed by atoms with Gasteiger partial charge in [-0.25, -0.2) is 0 Å². The summed E-state index contributed by atoms with van der Waals surface area (Å²) in [6.45, 7) is 4.04. The van der Waals surface area contributed by atoms with Gasteiger partial charge in [0, 0.05) is 18.2 Å². The normalized spacial score (nSPS) is 11.3. The molecule has 3 N–H and O–H groups in total. The molecule has 13 heavy (non-hydrogen) atoms. The molecule has 5 nitrogen and oxygen atoms in total. The van der Waals surface area contributed by atoms with Gasteiger partial charge >= 0.3 is 0 Å². The van der Waals surface area contributed by atoms with Crippen molar-refractivity contribution in [3.63, 3.8) is 0 Å². The molecular formula is C8H13N3O2. The maximum atomic E-state index is 11.4. The van der Waals surface area contributed by atoms with Crippen molar-refractivity contribution in [3.8, 4) is 0 Å². The third-order valence-electron chi connectivity index (χ3n) is 1.62. The summed E-state index contributed by atoms with van der Waals surface area (Å²) in [6.07, 6.45) is 1.42. The van der Waals surface area contributed by atoms with Crippen molar-refractivity contribution in [2.24, 2.45) is 5.73 Å². The smallest absolute Gasteiger partial charge is 0.290 e. The maximum Gasteiger partial charge on any atom is 0.290 e. The van der Waals surface area contributed by atoms with E-state index in [1.165, 1.54) is 12.3 Å². The highest BCUT2D eigenvalue weighted by Gasteiger charge is 2.20. The van der Waals surface area contributed by atoms with Crippen molar-refractivity contribution >= 4 is 5.91 Å². The first-order valence-corrected chi connectivity index (χ1v) is 3.98. The van der Waals surface area contributed by atoms with Gasteiger partial charge in [-0.3, -0.25) is 4.79 Å². The second-order valence-electron chi connectivity index (χ2n) is 3.42. The Morgan fingerprint density at radius 1 is 1.77 bits per heavy atom. The molecule has 0 fully saturated rings. The van der Waals surface area contributed by atoms with E-state index in [1.54, 1.807) is 0 Å². The zero-order chi connectivity index (χ0) is 9.90. The maximum absolute atomic E-state index is 11.4. The molecule has 0 spiro atoms. The highest BCUT2D eigenvalue weighted by molar-refractivity contribution is 5.91. The Balaban J connectivity index is 2.61. The van der Waals surface area contributed by atoms with Gasteiger partial charge in [-0.05, 0) is 13.8 Å². The zero-order valence-corrected chi connectivity index (χ0v) is 7.70. The quantitative estimate of drug-likeness (QED) is 0.698. The summed E-state index contributed by atoms with van der Waals surface area (Å²) in [4.78, 5) is 11.4. The Bertz CT molecular complexity index is 280. The van der Waals surface area contributed by atoms with Gasteiger partial charge < -0.3 is 15.6 Å². The summed E-state index contributed by atoms with van der Waals surface area (Å²) in [5, 5.41) is 6.14. The molecule has 0 aliphatic heterocycles. The number of carbonyl (C=O) groups is 1. The zero-order valence-electron chi connectivity index (χ0n) is 7.70. The number of rotatable bonds is 3. The molecule has 0 aliphatic rings. The number of nitrogens with two attached hydrogens (primary N) is 1. The molecule has 0 radical (unpaired) electrons. The fourth-order valence-corrected chi connectivity index (χ4v) is 0.753. The second kappa shape index (κ2) is 3.57. The van der Waals surface area contributed by atoms with Gasteiger partial charge in [-0.15, -0.1) is 0 Å². The number of amides is 1. The van der Waals surface area contributed by atoms with Crippen LogP contribution in [0.3, 0.4) is 0 Å². The standard InChI is InChI=1S/C8H13N3O2/c1-8(2,5-9)11-7(12)6-3-4-10-13-6/h3-4H,5,9H2,1-2H3,(H,11,12). The van der Waals surface area contributed by atoms with Crippen LogP contribution in [0.4, 0.5) is 0 Å². The SMILES string of the molecule is CC(C)(CN)NC(=O)c1ccno1. The van der Waals surface area contributed by atoms with E-state index in [9.17, 15) is 4.79 Å². The van der Waals surface area contributed by atoms with E-state index in [2.05, 4.69) is 15.0 Å². The summed E-state index contributed by atoms with van der Waals surface area (Å²) in [7, 11) is 0. The van der Waals surface area contributed by atoms with Gasteiger partial charge in [-0.1, -0.05) is 5.16 Å². The number of hydrogen-bond donors (Lipinski definition) is 2. The van der Waals surface area contributed by atoms with Crippen LogP contribution in [-0.4, -0.2) is 23.1 Å².